The second-order valence-corrected chi connectivity index (χ2v) is 4.93. The van der Waals surface area contributed by atoms with Crippen molar-refractivity contribution in [3.63, 3.8) is 0 Å². The normalized spacial score (nSPS) is 15.9. The SMILES string of the molecule is Cl.Cl.[Ti][CH]1C(c2ccccc2)=Cc2ccccc21. The first kappa shape index (κ1) is 15.5. The molecule has 1 unspecified atom stereocenters. The molecule has 2 aromatic rings. The molecular formula is C15H13Cl2Ti. The summed E-state index contributed by atoms with van der Waals surface area (Å²) in [4.78, 5) is 0. The van der Waals surface area contributed by atoms with Gasteiger partial charge < -0.3 is 0 Å². The van der Waals surface area contributed by atoms with Gasteiger partial charge in [-0.15, -0.1) is 24.8 Å². The van der Waals surface area contributed by atoms with Gasteiger partial charge in [0.25, 0.3) is 0 Å². The summed E-state index contributed by atoms with van der Waals surface area (Å²) in [5.74, 6) is 0. The number of allylic oxidation sites excluding steroid dienone is 1. The molecule has 3 rings (SSSR count). The van der Waals surface area contributed by atoms with Gasteiger partial charge in [-0.25, -0.2) is 0 Å². The molecule has 0 aromatic heterocycles. The van der Waals surface area contributed by atoms with E-state index in [-0.39, 0.29) is 24.8 Å². The minimum absolute atomic E-state index is 0. The van der Waals surface area contributed by atoms with Gasteiger partial charge in [0.15, 0.2) is 0 Å². The Balaban J connectivity index is 0.000000810. The van der Waals surface area contributed by atoms with Crippen molar-refractivity contribution < 1.29 is 20.4 Å². The Hall–Kier alpha value is -0.526. The molecule has 0 heterocycles. The average Bonchev–Trinajstić information content (AvgIpc) is 2.69. The fourth-order valence-corrected chi connectivity index (χ4v) is 3.01. The standard InChI is InChI=1S/C15H11.2ClH.Ti/c1-2-6-12(7-3-1)15-10-13-8-4-5-9-14(13)11-15;;;/h1-11H;2*1H;. The maximum atomic E-state index is 2.31. The molecule has 0 N–H and O–H groups in total. The van der Waals surface area contributed by atoms with Crippen molar-refractivity contribution in [3.8, 4) is 0 Å². The number of benzene rings is 2. The van der Waals surface area contributed by atoms with Crippen LogP contribution in [0.1, 0.15) is 20.9 Å². The van der Waals surface area contributed by atoms with Crippen LogP contribution in [0.25, 0.3) is 11.6 Å². The predicted molar refractivity (Wildman–Crippen MR) is 78.0 cm³/mol. The van der Waals surface area contributed by atoms with E-state index in [1.54, 1.807) is 0 Å². The molecule has 0 bridgehead atoms. The van der Waals surface area contributed by atoms with Crippen LogP contribution < -0.4 is 0 Å². The summed E-state index contributed by atoms with van der Waals surface area (Å²) >= 11 is 2.28. The molecule has 0 saturated carbocycles. The Labute approximate surface area is 132 Å². The van der Waals surface area contributed by atoms with Gasteiger partial charge >= 0.3 is 108 Å². The molecular weight excluding hydrogens is 299 g/mol. The maximum absolute atomic E-state index is 2.31. The van der Waals surface area contributed by atoms with E-state index >= 15 is 0 Å². The van der Waals surface area contributed by atoms with Gasteiger partial charge in [0.05, 0.1) is 0 Å². The van der Waals surface area contributed by atoms with Crippen LogP contribution in [0, 0.1) is 0 Å². The summed E-state index contributed by atoms with van der Waals surface area (Å²) in [6.45, 7) is 0. The van der Waals surface area contributed by atoms with E-state index in [1.165, 1.54) is 22.3 Å². The van der Waals surface area contributed by atoms with E-state index in [9.17, 15) is 0 Å². The van der Waals surface area contributed by atoms with Gasteiger partial charge in [0.1, 0.15) is 0 Å². The van der Waals surface area contributed by atoms with Gasteiger partial charge in [-0.3, -0.25) is 0 Å². The molecule has 0 spiro atoms. The van der Waals surface area contributed by atoms with Crippen LogP contribution in [0.4, 0.5) is 0 Å². The minimum atomic E-state index is 0. The zero-order valence-electron chi connectivity index (χ0n) is 9.67. The van der Waals surface area contributed by atoms with Gasteiger partial charge in [0.2, 0.25) is 0 Å². The van der Waals surface area contributed by atoms with E-state index < -0.39 is 0 Å². The Morgan fingerprint density at radius 1 is 0.778 bits per heavy atom. The molecule has 0 aliphatic heterocycles. The van der Waals surface area contributed by atoms with Gasteiger partial charge in [-0.2, -0.15) is 0 Å². The van der Waals surface area contributed by atoms with Crippen LogP contribution in [-0.4, -0.2) is 0 Å². The van der Waals surface area contributed by atoms with Crippen molar-refractivity contribution >= 4 is 36.5 Å². The first-order valence-electron chi connectivity index (χ1n) is 5.43. The Morgan fingerprint density at radius 3 is 2.06 bits per heavy atom. The van der Waals surface area contributed by atoms with Gasteiger partial charge in [0, 0.05) is 0 Å². The fraction of sp³-hybridized carbons (Fsp3) is 0.0667. The summed E-state index contributed by atoms with van der Waals surface area (Å²) in [5.41, 5.74) is 5.59. The molecule has 0 radical (unpaired) electrons. The van der Waals surface area contributed by atoms with Crippen LogP contribution in [0.3, 0.4) is 0 Å². The number of halogens is 2. The second kappa shape index (κ2) is 6.59. The number of fused-ring (bicyclic) bond motifs is 1. The Morgan fingerprint density at radius 2 is 1.39 bits per heavy atom. The molecule has 18 heavy (non-hydrogen) atoms. The Bertz CT molecular complexity index is 549. The predicted octanol–water partition coefficient (Wildman–Crippen LogP) is 4.67. The molecule has 0 fully saturated rings. The first-order chi connectivity index (χ1) is 7.86. The van der Waals surface area contributed by atoms with Crippen molar-refractivity contribution in [2.75, 3.05) is 0 Å². The van der Waals surface area contributed by atoms with Gasteiger partial charge in [-0.05, 0) is 0 Å². The topological polar surface area (TPSA) is 0 Å². The van der Waals surface area contributed by atoms with Crippen molar-refractivity contribution in [1.82, 2.24) is 0 Å². The molecule has 2 aromatic carbocycles. The molecule has 1 aliphatic carbocycles. The summed E-state index contributed by atoms with van der Waals surface area (Å²) < 4.78 is 0.513. The molecule has 91 valence electrons. The number of hydrogen-bond acceptors (Lipinski definition) is 0. The molecule has 0 nitrogen and oxygen atoms in total. The summed E-state index contributed by atoms with van der Waals surface area (Å²) in [7, 11) is 0. The fourth-order valence-electron chi connectivity index (χ4n) is 2.20. The molecule has 1 aliphatic rings. The quantitative estimate of drug-likeness (QED) is 0.671. The van der Waals surface area contributed by atoms with Crippen LogP contribution in [-0.2, 0) is 20.4 Å². The zero-order chi connectivity index (χ0) is 11.0. The summed E-state index contributed by atoms with van der Waals surface area (Å²) in [6, 6.07) is 19.3. The van der Waals surface area contributed by atoms with Crippen LogP contribution in [0.5, 0.6) is 0 Å². The average molecular weight is 312 g/mol. The van der Waals surface area contributed by atoms with E-state index in [0.29, 0.717) is 4.22 Å². The molecule has 3 heteroatoms. The third-order valence-corrected chi connectivity index (χ3v) is 4.01. The van der Waals surface area contributed by atoms with E-state index in [4.69, 9.17) is 0 Å². The van der Waals surface area contributed by atoms with Crippen molar-refractivity contribution in [1.29, 1.82) is 0 Å². The molecule has 0 saturated heterocycles. The Kier molecular flexibility index (Phi) is 5.68. The number of rotatable bonds is 1. The molecule has 0 amide bonds. The molecule has 1 atom stereocenters. The third kappa shape index (κ3) is 2.73. The third-order valence-electron chi connectivity index (χ3n) is 3.04. The zero-order valence-corrected chi connectivity index (χ0v) is 12.9. The van der Waals surface area contributed by atoms with Crippen molar-refractivity contribution in [2.24, 2.45) is 0 Å². The van der Waals surface area contributed by atoms with Crippen LogP contribution in [0.15, 0.2) is 54.6 Å². The summed E-state index contributed by atoms with van der Waals surface area (Å²) in [6.07, 6.45) is 2.31. The van der Waals surface area contributed by atoms with E-state index in [0.717, 1.165) is 0 Å². The first-order valence-corrected chi connectivity index (χ1v) is 6.33. The monoisotopic (exact) mass is 311 g/mol. The number of hydrogen-bond donors (Lipinski definition) is 0. The van der Waals surface area contributed by atoms with Crippen molar-refractivity contribution in [3.05, 3.63) is 71.3 Å². The van der Waals surface area contributed by atoms with E-state index in [2.05, 4.69) is 81.1 Å². The van der Waals surface area contributed by atoms with Crippen LogP contribution >= 0.6 is 24.8 Å². The van der Waals surface area contributed by atoms with Gasteiger partial charge in [-0.1, -0.05) is 0 Å². The van der Waals surface area contributed by atoms with Crippen LogP contribution in [0.2, 0.25) is 0 Å². The van der Waals surface area contributed by atoms with E-state index in [1.807, 2.05) is 0 Å². The second-order valence-electron chi connectivity index (χ2n) is 4.03. The van der Waals surface area contributed by atoms with Crippen molar-refractivity contribution in [2.45, 2.75) is 4.22 Å². The summed E-state index contributed by atoms with van der Waals surface area (Å²) in [5, 5.41) is 0.